The van der Waals surface area contributed by atoms with Crippen LogP contribution in [0.3, 0.4) is 0 Å². The average Bonchev–Trinajstić information content (AvgIpc) is 1.85. The maximum atomic E-state index is 9.98. The van der Waals surface area contributed by atoms with Crippen molar-refractivity contribution in [2.45, 2.75) is 39.5 Å². The molecule has 4 heteroatoms. The van der Waals surface area contributed by atoms with E-state index >= 15 is 0 Å². The molecule has 0 bridgehead atoms. The van der Waals surface area contributed by atoms with E-state index in [-0.39, 0.29) is 20.3 Å². The monoisotopic (exact) mass is 176 g/mol. The number of carbonyl (C=O) groups is 2. The van der Waals surface area contributed by atoms with E-state index in [1.54, 1.807) is 0 Å². The summed E-state index contributed by atoms with van der Waals surface area (Å²) >= 11 is 0. The van der Waals surface area contributed by atoms with Crippen LogP contribution in [0.2, 0.25) is 0 Å². The molecule has 4 nitrogen and oxygen atoms in total. The van der Waals surface area contributed by atoms with E-state index in [2.05, 4.69) is 0 Å². The lowest BCUT2D eigenvalue weighted by atomic mass is 10.1. The summed E-state index contributed by atoms with van der Waals surface area (Å²) < 4.78 is 0. The Kier molecular flexibility index (Phi) is 9.06. The molecule has 0 unspecified atom stereocenters. The molecule has 0 heterocycles. The van der Waals surface area contributed by atoms with E-state index in [4.69, 9.17) is 10.2 Å². The third kappa shape index (κ3) is 11.7. The summed E-state index contributed by atoms with van der Waals surface area (Å²) in [5, 5.41) is 16.4. The van der Waals surface area contributed by atoms with Crippen molar-refractivity contribution in [3.63, 3.8) is 0 Å². The highest BCUT2D eigenvalue weighted by atomic mass is 16.4. The van der Waals surface area contributed by atoms with Crippen LogP contribution in [0.5, 0.6) is 0 Å². The fraction of sp³-hybridized carbons (Fsp3) is 0.750. The Balaban J connectivity index is 0. The molecule has 0 aromatic rings. The van der Waals surface area contributed by atoms with Crippen LogP contribution < -0.4 is 0 Å². The van der Waals surface area contributed by atoms with Crippen molar-refractivity contribution in [1.82, 2.24) is 0 Å². The lowest BCUT2D eigenvalue weighted by molar-refractivity contribution is -0.137. The highest BCUT2D eigenvalue weighted by Crippen LogP contribution is 2.02. The third-order valence-electron chi connectivity index (χ3n) is 1.28. The van der Waals surface area contributed by atoms with Gasteiger partial charge in [0.05, 0.1) is 0 Å². The summed E-state index contributed by atoms with van der Waals surface area (Å²) in [6, 6.07) is 0. The molecule has 72 valence electrons. The minimum Gasteiger partial charge on any atom is -0.481 e. The maximum Gasteiger partial charge on any atom is 0.303 e. The molecular weight excluding hydrogens is 160 g/mol. The van der Waals surface area contributed by atoms with Crippen LogP contribution in [0.1, 0.15) is 39.5 Å². The Bertz CT molecular complexity index is 126. The van der Waals surface area contributed by atoms with E-state index in [0.29, 0.717) is 19.3 Å². The van der Waals surface area contributed by atoms with Crippen LogP contribution in [0, 0.1) is 0 Å². The van der Waals surface area contributed by atoms with Gasteiger partial charge in [-0.1, -0.05) is 13.8 Å². The number of rotatable bonds is 6. The Morgan fingerprint density at radius 2 is 1.17 bits per heavy atom. The molecule has 0 rings (SSSR count). The molecular formula is C8H16O4. The van der Waals surface area contributed by atoms with E-state index in [0.717, 1.165) is 0 Å². The van der Waals surface area contributed by atoms with Gasteiger partial charge in [-0.25, -0.2) is 0 Å². The number of carboxylic acids is 2. The first-order valence-electron chi connectivity index (χ1n) is 3.56. The van der Waals surface area contributed by atoms with E-state index < -0.39 is 11.9 Å². The second-order valence-electron chi connectivity index (χ2n) is 2.35. The summed E-state index contributed by atoms with van der Waals surface area (Å²) in [6.07, 6.45) is 2.10. The Hall–Kier alpha value is -1.06. The van der Waals surface area contributed by atoms with Crippen LogP contribution in [0.25, 0.3) is 0 Å². The van der Waals surface area contributed by atoms with Crippen LogP contribution in [-0.2, 0) is 9.59 Å². The summed E-state index contributed by atoms with van der Waals surface area (Å²) in [4.78, 5) is 20.0. The third-order valence-corrected chi connectivity index (χ3v) is 1.28. The second kappa shape index (κ2) is 8.04. The van der Waals surface area contributed by atoms with Gasteiger partial charge in [0, 0.05) is 12.8 Å². The first kappa shape index (κ1) is 13.5. The standard InChI is InChI=1S/C7H12O4.CH4/c8-6(9)4-2-1-3-5-7(10)11;/h1-5H2,(H,8,9)(H,10,11);1H4. The highest BCUT2D eigenvalue weighted by molar-refractivity contribution is 5.67. The van der Waals surface area contributed by atoms with Crippen molar-refractivity contribution in [3.05, 3.63) is 0 Å². The van der Waals surface area contributed by atoms with Crippen molar-refractivity contribution < 1.29 is 19.8 Å². The van der Waals surface area contributed by atoms with Gasteiger partial charge in [-0.2, -0.15) is 0 Å². The fourth-order valence-electron chi connectivity index (χ4n) is 0.729. The van der Waals surface area contributed by atoms with Gasteiger partial charge in [-0.3, -0.25) is 9.59 Å². The molecule has 0 aliphatic rings. The van der Waals surface area contributed by atoms with Crippen LogP contribution in [-0.4, -0.2) is 22.2 Å². The van der Waals surface area contributed by atoms with Crippen molar-refractivity contribution in [2.75, 3.05) is 0 Å². The topological polar surface area (TPSA) is 74.6 Å². The predicted molar refractivity (Wildman–Crippen MR) is 45.1 cm³/mol. The maximum absolute atomic E-state index is 9.98. The zero-order valence-electron chi connectivity index (χ0n) is 6.25. The number of carboxylic acid groups (broad SMARTS) is 2. The molecule has 2 N–H and O–H groups in total. The minimum absolute atomic E-state index is 0. The van der Waals surface area contributed by atoms with Crippen molar-refractivity contribution in [2.24, 2.45) is 0 Å². The summed E-state index contributed by atoms with van der Waals surface area (Å²) in [5.41, 5.74) is 0. The Labute approximate surface area is 72.2 Å². The molecule has 0 saturated heterocycles. The van der Waals surface area contributed by atoms with Gasteiger partial charge in [0.15, 0.2) is 0 Å². The predicted octanol–water partition coefficient (Wildman–Crippen LogP) is 1.74. The fourth-order valence-corrected chi connectivity index (χ4v) is 0.729. The lowest BCUT2D eigenvalue weighted by Crippen LogP contribution is -1.96. The number of hydrogen-bond acceptors (Lipinski definition) is 2. The van der Waals surface area contributed by atoms with Gasteiger partial charge < -0.3 is 10.2 Å². The zero-order valence-corrected chi connectivity index (χ0v) is 6.25. The zero-order chi connectivity index (χ0) is 8.69. The van der Waals surface area contributed by atoms with Gasteiger partial charge in [-0.15, -0.1) is 0 Å². The number of unbranched alkanes of at least 4 members (excludes halogenated alkanes) is 2. The van der Waals surface area contributed by atoms with E-state index in [1.807, 2.05) is 0 Å². The smallest absolute Gasteiger partial charge is 0.303 e. The lowest BCUT2D eigenvalue weighted by Gasteiger charge is -1.94. The van der Waals surface area contributed by atoms with Gasteiger partial charge >= 0.3 is 11.9 Å². The van der Waals surface area contributed by atoms with E-state index in [1.165, 1.54) is 0 Å². The molecule has 0 radical (unpaired) electrons. The first-order chi connectivity index (χ1) is 5.13. The van der Waals surface area contributed by atoms with Gasteiger partial charge in [-0.05, 0) is 12.8 Å². The minimum atomic E-state index is -0.819. The van der Waals surface area contributed by atoms with Crippen LogP contribution in [0.15, 0.2) is 0 Å². The first-order valence-corrected chi connectivity index (χ1v) is 3.56. The molecule has 12 heavy (non-hydrogen) atoms. The molecule has 0 spiro atoms. The highest BCUT2D eigenvalue weighted by Gasteiger charge is 1.98. The number of aliphatic carboxylic acids is 2. The van der Waals surface area contributed by atoms with Crippen LogP contribution in [0.4, 0.5) is 0 Å². The summed E-state index contributed by atoms with van der Waals surface area (Å²) in [6.45, 7) is 0. The largest absolute Gasteiger partial charge is 0.481 e. The normalized spacial score (nSPS) is 8.67. The number of hydrogen-bond donors (Lipinski definition) is 2. The van der Waals surface area contributed by atoms with Crippen molar-refractivity contribution in [3.8, 4) is 0 Å². The SMILES string of the molecule is C.O=C(O)CCCCCC(=O)O. The Morgan fingerprint density at radius 3 is 1.42 bits per heavy atom. The quantitative estimate of drug-likeness (QED) is 0.604. The average molecular weight is 176 g/mol. The molecule has 0 atom stereocenters. The molecule has 0 aliphatic carbocycles. The van der Waals surface area contributed by atoms with Gasteiger partial charge in [0.2, 0.25) is 0 Å². The van der Waals surface area contributed by atoms with Crippen LogP contribution >= 0.6 is 0 Å². The molecule has 0 aromatic carbocycles. The molecule has 0 amide bonds. The van der Waals surface area contributed by atoms with E-state index in [9.17, 15) is 9.59 Å². The summed E-state index contributed by atoms with van der Waals surface area (Å²) in [5.74, 6) is -1.64. The van der Waals surface area contributed by atoms with Crippen molar-refractivity contribution >= 4 is 11.9 Å². The summed E-state index contributed by atoms with van der Waals surface area (Å²) in [7, 11) is 0. The molecule has 0 aliphatic heterocycles. The van der Waals surface area contributed by atoms with Gasteiger partial charge in [0.1, 0.15) is 0 Å². The van der Waals surface area contributed by atoms with Gasteiger partial charge in [0.25, 0.3) is 0 Å². The molecule has 0 fully saturated rings. The Morgan fingerprint density at radius 1 is 0.833 bits per heavy atom. The second-order valence-corrected chi connectivity index (χ2v) is 2.35. The molecule has 0 saturated carbocycles. The molecule has 0 aromatic heterocycles. The van der Waals surface area contributed by atoms with Crippen molar-refractivity contribution in [1.29, 1.82) is 0 Å².